The molecule has 3 aromatic rings. The molecule has 0 radical (unpaired) electrons. The van der Waals surface area contributed by atoms with Crippen molar-refractivity contribution in [3.63, 3.8) is 0 Å². The van der Waals surface area contributed by atoms with E-state index < -0.39 is 0 Å². The second-order valence-electron chi connectivity index (χ2n) is 9.10. The van der Waals surface area contributed by atoms with Crippen LogP contribution in [0.2, 0.25) is 0 Å². The number of rotatable bonds is 10. The fourth-order valence-electron chi connectivity index (χ4n) is 3.76. The lowest BCUT2D eigenvalue weighted by molar-refractivity contribution is -0.120. The number of nitrogens with zero attached hydrogens (tertiary/aromatic N) is 4. The van der Waals surface area contributed by atoms with Crippen LogP contribution in [0.1, 0.15) is 37.0 Å². The van der Waals surface area contributed by atoms with Crippen molar-refractivity contribution in [2.75, 3.05) is 37.0 Å². The first-order valence-corrected chi connectivity index (χ1v) is 11.6. The van der Waals surface area contributed by atoms with Gasteiger partial charge in [-0.2, -0.15) is 5.26 Å². The second-order valence-corrected chi connectivity index (χ2v) is 9.10. The van der Waals surface area contributed by atoms with Gasteiger partial charge in [0.05, 0.1) is 43.4 Å². The fourth-order valence-corrected chi connectivity index (χ4v) is 3.76. The number of aryl methyl sites for hydroxylation is 1. The van der Waals surface area contributed by atoms with Gasteiger partial charge in [-0.1, -0.05) is 13.8 Å². The first kappa shape index (κ1) is 24.4. The SMILES string of the molecule is CCCNc1c(C#N)cc(-c2ccnc(Nc3cc(C)cnc3OCC3(C)COC3)n2)cc1CO. The molecule has 9 nitrogen and oxygen atoms in total. The highest BCUT2D eigenvalue weighted by Gasteiger charge is 2.34. The van der Waals surface area contributed by atoms with Gasteiger partial charge in [-0.15, -0.1) is 0 Å². The molecule has 0 spiro atoms. The molecule has 4 rings (SSSR count). The lowest BCUT2D eigenvalue weighted by atomic mass is 9.90. The summed E-state index contributed by atoms with van der Waals surface area (Å²) in [4.78, 5) is 13.5. The van der Waals surface area contributed by atoms with Crippen molar-refractivity contribution in [3.8, 4) is 23.2 Å². The Balaban J connectivity index is 1.61. The topological polar surface area (TPSA) is 125 Å². The predicted octanol–water partition coefficient (Wildman–Crippen LogP) is 4.19. The molecular formula is C26H30N6O3. The van der Waals surface area contributed by atoms with Crippen molar-refractivity contribution in [3.05, 3.63) is 53.3 Å². The Morgan fingerprint density at radius 1 is 1.26 bits per heavy atom. The Kier molecular flexibility index (Phi) is 7.44. The molecular weight excluding hydrogens is 444 g/mol. The van der Waals surface area contributed by atoms with Crippen LogP contribution in [0.3, 0.4) is 0 Å². The minimum absolute atomic E-state index is 0.0126. The number of nitrogens with one attached hydrogen (secondary N) is 2. The Morgan fingerprint density at radius 2 is 2.09 bits per heavy atom. The van der Waals surface area contributed by atoms with Crippen LogP contribution >= 0.6 is 0 Å². The van der Waals surface area contributed by atoms with E-state index in [0.29, 0.717) is 66.4 Å². The van der Waals surface area contributed by atoms with E-state index in [1.807, 2.05) is 26.0 Å². The molecule has 35 heavy (non-hydrogen) atoms. The summed E-state index contributed by atoms with van der Waals surface area (Å²) in [6.45, 7) is 8.47. The third-order valence-corrected chi connectivity index (χ3v) is 5.71. The van der Waals surface area contributed by atoms with Gasteiger partial charge in [-0.3, -0.25) is 0 Å². The van der Waals surface area contributed by atoms with Crippen molar-refractivity contribution in [1.29, 1.82) is 5.26 Å². The molecule has 3 N–H and O–H groups in total. The van der Waals surface area contributed by atoms with Crippen molar-refractivity contribution in [1.82, 2.24) is 15.0 Å². The predicted molar refractivity (Wildman–Crippen MR) is 134 cm³/mol. The summed E-state index contributed by atoms with van der Waals surface area (Å²) in [6, 6.07) is 9.54. The highest BCUT2D eigenvalue weighted by Crippen LogP contribution is 2.32. The molecule has 1 fully saturated rings. The Labute approximate surface area is 205 Å². The highest BCUT2D eigenvalue weighted by atomic mass is 16.5. The van der Waals surface area contributed by atoms with Crippen LogP contribution in [-0.4, -0.2) is 46.4 Å². The summed E-state index contributed by atoms with van der Waals surface area (Å²) in [5, 5.41) is 26.1. The number of aliphatic hydroxyl groups excluding tert-OH is 1. The molecule has 0 aliphatic carbocycles. The third-order valence-electron chi connectivity index (χ3n) is 5.71. The van der Waals surface area contributed by atoms with Crippen LogP contribution in [0.15, 0.2) is 36.7 Å². The summed E-state index contributed by atoms with van der Waals surface area (Å²) in [5.74, 6) is 0.841. The zero-order valence-corrected chi connectivity index (χ0v) is 20.3. The van der Waals surface area contributed by atoms with Gasteiger partial charge in [0.1, 0.15) is 11.8 Å². The van der Waals surface area contributed by atoms with Crippen LogP contribution in [0.5, 0.6) is 5.88 Å². The molecule has 0 unspecified atom stereocenters. The van der Waals surface area contributed by atoms with Crippen molar-refractivity contribution < 1.29 is 14.6 Å². The van der Waals surface area contributed by atoms with Crippen LogP contribution in [-0.2, 0) is 11.3 Å². The average molecular weight is 475 g/mol. The van der Waals surface area contributed by atoms with Gasteiger partial charge in [0.25, 0.3) is 0 Å². The van der Waals surface area contributed by atoms with Crippen LogP contribution in [0.25, 0.3) is 11.3 Å². The molecule has 1 aliphatic heterocycles. The minimum atomic E-state index is -0.190. The highest BCUT2D eigenvalue weighted by molar-refractivity contribution is 5.73. The third kappa shape index (κ3) is 5.67. The molecule has 9 heteroatoms. The summed E-state index contributed by atoms with van der Waals surface area (Å²) in [7, 11) is 0. The second kappa shape index (κ2) is 10.7. The maximum atomic E-state index is 9.92. The maximum Gasteiger partial charge on any atom is 0.237 e. The van der Waals surface area contributed by atoms with E-state index in [4.69, 9.17) is 9.47 Å². The minimum Gasteiger partial charge on any atom is -0.475 e. The van der Waals surface area contributed by atoms with Gasteiger partial charge in [0.2, 0.25) is 11.8 Å². The number of pyridine rings is 1. The van der Waals surface area contributed by atoms with Gasteiger partial charge in [-0.25, -0.2) is 15.0 Å². The molecule has 2 aromatic heterocycles. The van der Waals surface area contributed by atoms with Crippen LogP contribution in [0.4, 0.5) is 17.3 Å². The Morgan fingerprint density at radius 3 is 2.77 bits per heavy atom. The number of benzene rings is 1. The standard InChI is InChI=1S/C26H30N6O3/c1-4-6-28-23-19(11-27)9-18(10-20(23)13-33)21-5-7-29-25(31-21)32-22-8-17(2)12-30-24(22)35-16-26(3)14-34-15-26/h5,7-10,12,28,33H,4,6,13-16H2,1-3H3,(H,29,31,32). The average Bonchev–Trinajstić information content (AvgIpc) is 2.85. The number of hydrogen-bond donors (Lipinski definition) is 3. The molecule has 0 bridgehead atoms. The van der Waals surface area contributed by atoms with Gasteiger partial charge in [0.15, 0.2) is 0 Å². The maximum absolute atomic E-state index is 9.92. The Hall–Kier alpha value is -3.74. The zero-order chi connectivity index (χ0) is 24.8. The number of ether oxygens (including phenoxy) is 2. The Bertz CT molecular complexity index is 1240. The lowest BCUT2D eigenvalue weighted by Gasteiger charge is -2.37. The van der Waals surface area contributed by atoms with Gasteiger partial charge in [-0.05, 0) is 43.2 Å². The summed E-state index contributed by atoms with van der Waals surface area (Å²) in [6.07, 6.45) is 4.31. The van der Waals surface area contributed by atoms with E-state index in [1.165, 1.54) is 0 Å². The smallest absolute Gasteiger partial charge is 0.237 e. The fraction of sp³-hybridized carbons (Fsp3) is 0.385. The first-order chi connectivity index (χ1) is 16.9. The van der Waals surface area contributed by atoms with E-state index in [2.05, 4.69) is 38.6 Å². The van der Waals surface area contributed by atoms with Gasteiger partial charge < -0.3 is 25.2 Å². The van der Waals surface area contributed by atoms with E-state index in [9.17, 15) is 10.4 Å². The van der Waals surface area contributed by atoms with Crippen molar-refractivity contribution in [2.24, 2.45) is 5.41 Å². The summed E-state index contributed by atoms with van der Waals surface area (Å²) < 4.78 is 11.3. The lowest BCUT2D eigenvalue weighted by Crippen LogP contribution is -2.44. The van der Waals surface area contributed by atoms with E-state index in [1.54, 1.807) is 24.5 Å². The number of aliphatic hydroxyl groups is 1. The van der Waals surface area contributed by atoms with Gasteiger partial charge >= 0.3 is 0 Å². The first-order valence-electron chi connectivity index (χ1n) is 11.6. The van der Waals surface area contributed by atoms with Crippen molar-refractivity contribution >= 4 is 17.3 Å². The molecule has 0 atom stereocenters. The quantitative estimate of drug-likeness (QED) is 0.396. The molecule has 0 saturated carbocycles. The van der Waals surface area contributed by atoms with Gasteiger partial charge in [0, 0.05) is 35.5 Å². The molecule has 3 heterocycles. The molecule has 1 saturated heterocycles. The monoisotopic (exact) mass is 474 g/mol. The van der Waals surface area contributed by atoms with Crippen LogP contribution in [0, 0.1) is 23.7 Å². The van der Waals surface area contributed by atoms with E-state index in [0.717, 1.165) is 17.5 Å². The number of aromatic nitrogens is 3. The normalized spacial score (nSPS) is 14.0. The molecule has 0 amide bonds. The van der Waals surface area contributed by atoms with Crippen molar-refractivity contribution in [2.45, 2.75) is 33.8 Å². The zero-order valence-electron chi connectivity index (χ0n) is 20.3. The van der Waals surface area contributed by atoms with E-state index in [-0.39, 0.29) is 12.0 Å². The number of nitriles is 1. The number of anilines is 3. The largest absolute Gasteiger partial charge is 0.475 e. The summed E-state index contributed by atoms with van der Waals surface area (Å²) in [5.41, 5.74) is 4.72. The summed E-state index contributed by atoms with van der Waals surface area (Å²) >= 11 is 0. The van der Waals surface area contributed by atoms with E-state index >= 15 is 0 Å². The molecule has 1 aromatic carbocycles. The van der Waals surface area contributed by atoms with Crippen LogP contribution < -0.4 is 15.4 Å². The molecule has 1 aliphatic rings. The molecule has 182 valence electrons. The number of hydrogen-bond acceptors (Lipinski definition) is 9.